The van der Waals surface area contributed by atoms with E-state index in [1.807, 2.05) is 0 Å². The molecule has 5 heteroatoms. The van der Waals surface area contributed by atoms with Crippen molar-refractivity contribution in [1.29, 1.82) is 0 Å². The third-order valence-electron chi connectivity index (χ3n) is 6.08. The molecule has 0 unspecified atom stereocenters. The molecule has 0 saturated heterocycles. The molecule has 4 aliphatic carbocycles. The predicted molar refractivity (Wildman–Crippen MR) is 95.6 cm³/mol. The molecule has 4 aliphatic rings. The summed E-state index contributed by atoms with van der Waals surface area (Å²) in [5.74, 6) is 3.06. The summed E-state index contributed by atoms with van der Waals surface area (Å²) in [6.07, 6.45) is 8.14. The van der Waals surface area contributed by atoms with Crippen molar-refractivity contribution in [3.63, 3.8) is 0 Å². The summed E-state index contributed by atoms with van der Waals surface area (Å²) in [4.78, 5) is 12.2. The second kappa shape index (κ2) is 6.42. The minimum atomic E-state index is -0.0817. The highest BCUT2D eigenvalue weighted by Crippen LogP contribution is 2.59. The molecule has 1 amide bonds. The normalized spacial score (nSPS) is 33.5. The standard InChI is InChI=1S/C19H23Cl2NO2/c20-15-1-2-16(21)17(6-15)24-10-18(23)22-11-19-7-12-3-13(8-19)5-14(4-12)9-19/h1-2,6,12-14H,3-5,7-11H2,(H,22,23). The summed E-state index contributed by atoms with van der Waals surface area (Å²) in [5, 5.41) is 4.11. The zero-order valence-electron chi connectivity index (χ0n) is 13.7. The van der Waals surface area contributed by atoms with Crippen molar-refractivity contribution in [2.45, 2.75) is 38.5 Å². The zero-order valence-corrected chi connectivity index (χ0v) is 15.2. The molecule has 1 aromatic rings. The molecule has 0 aromatic heterocycles. The molecule has 1 aromatic carbocycles. The summed E-state index contributed by atoms with van der Waals surface area (Å²) in [6, 6.07) is 5.01. The Kier molecular flexibility index (Phi) is 4.42. The summed E-state index contributed by atoms with van der Waals surface area (Å²) >= 11 is 12.0. The van der Waals surface area contributed by atoms with E-state index in [0.717, 1.165) is 24.3 Å². The molecule has 4 fully saturated rings. The maximum atomic E-state index is 12.2. The maximum absolute atomic E-state index is 12.2. The van der Waals surface area contributed by atoms with E-state index in [0.29, 0.717) is 21.2 Å². The van der Waals surface area contributed by atoms with Crippen molar-refractivity contribution < 1.29 is 9.53 Å². The van der Waals surface area contributed by atoms with E-state index < -0.39 is 0 Å². The number of amides is 1. The Balaban J connectivity index is 1.30. The van der Waals surface area contributed by atoms with Gasteiger partial charge in [-0.25, -0.2) is 0 Å². The van der Waals surface area contributed by atoms with Crippen LogP contribution in [0.2, 0.25) is 10.0 Å². The second-order valence-electron chi connectivity index (χ2n) is 8.06. The smallest absolute Gasteiger partial charge is 0.257 e. The molecule has 0 atom stereocenters. The van der Waals surface area contributed by atoms with Crippen LogP contribution in [-0.2, 0) is 4.79 Å². The Bertz CT molecular complexity index is 611. The van der Waals surface area contributed by atoms with Crippen molar-refractivity contribution in [2.75, 3.05) is 13.2 Å². The van der Waals surface area contributed by atoms with Crippen molar-refractivity contribution in [1.82, 2.24) is 5.32 Å². The molecule has 5 rings (SSSR count). The van der Waals surface area contributed by atoms with Crippen LogP contribution in [0.25, 0.3) is 0 Å². The average molecular weight is 368 g/mol. The van der Waals surface area contributed by atoms with Gasteiger partial charge in [0, 0.05) is 17.6 Å². The van der Waals surface area contributed by atoms with Gasteiger partial charge in [-0.05, 0) is 73.8 Å². The lowest BCUT2D eigenvalue weighted by Gasteiger charge is -2.56. The van der Waals surface area contributed by atoms with E-state index in [4.69, 9.17) is 27.9 Å². The first-order valence-electron chi connectivity index (χ1n) is 8.86. The van der Waals surface area contributed by atoms with Gasteiger partial charge in [0.25, 0.3) is 5.91 Å². The Morgan fingerprint density at radius 1 is 1.12 bits per heavy atom. The number of carbonyl (C=O) groups is 1. The van der Waals surface area contributed by atoms with Crippen LogP contribution in [0, 0.1) is 23.2 Å². The van der Waals surface area contributed by atoms with Gasteiger partial charge in [-0.15, -0.1) is 0 Å². The number of rotatable bonds is 5. The van der Waals surface area contributed by atoms with Gasteiger partial charge in [-0.2, -0.15) is 0 Å². The Hall–Kier alpha value is -0.930. The van der Waals surface area contributed by atoms with Crippen molar-refractivity contribution >= 4 is 29.1 Å². The third-order valence-corrected chi connectivity index (χ3v) is 6.62. The monoisotopic (exact) mass is 367 g/mol. The van der Waals surface area contributed by atoms with Crippen molar-refractivity contribution in [3.05, 3.63) is 28.2 Å². The number of hydrogen-bond donors (Lipinski definition) is 1. The largest absolute Gasteiger partial charge is 0.482 e. The summed E-state index contributed by atoms with van der Waals surface area (Å²) < 4.78 is 5.52. The Morgan fingerprint density at radius 2 is 1.75 bits per heavy atom. The molecule has 0 radical (unpaired) electrons. The Labute approximate surface area is 153 Å². The maximum Gasteiger partial charge on any atom is 0.257 e. The first-order chi connectivity index (χ1) is 11.5. The van der Waals surface area contributed by atoms with Gasteiger partial charge < -0.3 is 10.1 Å². The van der Waals surface area contributed by atoms with Gasteiger partial charge in [-0.1, -0.05) is 23.2 Å². The Morgan fingerprint density at radius 3 is 2.38 bits per heavy atom. The zero-order chi connectivity index (χ0) is 16.7. The molecular formula is C19H23Cl2NO2. The van der Waals surface area contributed by atoms with Crippen LogP contribution in [0.4, 0.5) is 0 Å². The topological polar surface area (TPSA) is 38.3 Å². The highest BCUT2D eigenvalue weighted by Gasteiger charge is 2.50. The van der Waals surface area contributed by atoms with Crippen LogP contribution in [0.5, 0.6) is 5.75 Å². The number of nitrogens with one attached hydrogen (secondary N) is 1. The molecule has 130 valence electrons. The van der Waals surface area contributed by atoms with Gasteiger partial charge >= 0.3 is 0 Å². The summed E-state index contributed by atoms with van der Waals surface area (Å²) in [7, 11) is 0. The van der Waals surface area contributed by atoms with Crippen LogP contribution in [0.1, 0.15) is 38.5 Å². The fourth-order valence-corrected chi connectivity index (χ4v) is 5.91. The summed E-state index contributed by atoms with van der Waals surface area (Å²) in [6.45, 7) is 0.772. The SMILES string of the molecule is O=C(COc1cc(Cl)ccc1Cl)NCC12CC3CC(CC(C3)C1)C2. The molecule has 0 aliphatic heterocycles. The van der Waals surface area contributed by atoms with Gasteiger partial charge in [-0.3, -0.25) is 4.79 Å². The van der Waals surface area contributed by atoms with Gasteiger partial charge in [0.05, 0.1) is 5.02 Å². The van der Waals surface area contributed by atoms with E-state index in [9.17, 15) is 4.79 Å². The van der Waals surface area contributed by atoms with E-state index in [1.165, 1.54) is 38.5 Å². The van der Waals surface area contributed by atoms with Crippen LogP contribution in [0.3, 0.4) is 0 Å². The fraction of sp³-hybridized carbons (Fsp3) is 0.632. The minimum Gasteiger partial charge on any atom is -0.482 e. The van der Waals surface area contributed by atoms with Crippen molar-refractivity contribution in [2.24, 2.45) is 23.2 Å². The average Bonchev–Trinajstić information content (AvgIpc) is 2.52. The lowest BCUT2D eigenvalue weighted by atomic mass is 9.49. The molecule has 1 N–H and O–H groups in total. The number of carbonyl (C=O) groups excluding carboxylic acids is 1. The molecule has 4 bridgehead atoms. The van der Waals surface area contributed by atoms with Gasteiger partial charge in [0.15, 0.2) is 6.61 Å². The number of ether oxygens (including phenoxy) is 1. The van der Waals surface area contributed by atoms with Crippen LogP contribution >= 0.6 is 23.2 Å². The lowest BCUT2D eigenvalue weighted by Crippen LogP contribution is -2.51. The first-order valence-corrected chi connectivity index (χ1v) is 9.61. The first kappa shape index (κ1) is 16.5. The van der Waals surface area contributed by atoms with E-state index in [2.05, 4.69) is 5.32 Å². The highest BCUT2D eigenvalue weighted by atomic mass is 35.5. The number of benzene rings is 1. The molecule has 0 heterocycles. The van der Waals surface area contributed by atoms with E-state index in [-0.39, 0.29) is 12.5 Å². The predicted octanol–water partition coefficient (Wildman–Crippen LogP) is 4.70. The number of hydrogen-bond acceptors (Lipinski definition) is 2. The van der Waals surface area contributed by atoms with E-state index >= 15 is 0 Å². The lowest BCUT2D eigenvalue weighted by molar-refractivity contribution is -0.125. The van der Waals surface area contributed by atoms with Gasteiger partial charge in [0.2, 0.25) is 0 Å². The summed E-state index contributed by atoms with van der Waals surface area (Å²) in [5.41, 5.74) is 0.345. The van der Waals surface area contributed by atoms with Crippen LogP contribution in [0.15, 0.2) is 18.2 Å². The third kappa shape index (κ3) is 3.39. The van der Waals surface area contributed by atoms with Gasteiger partial charge in [0.1, 0.15) is 5.75 Å². The highest BCUT2D eigenvalue weighted by molar-refractivity contribution is 6.34. The van der Waals surface area contributed by atoms with E-state index in [1.54, 1.807) is 18.2 Å². The molecular weight excluding hydrogens is 345 g/mol. The molecule has 0 spiro atoms. The quantitative estimate of drug-likeness (QED) is 0.818. The van der Waals surface area contributed by atoms with Crippen LogP contribution < -0.4 is 10.1 Å². The van der Waals surface area contributed by atoms with Crippen molar-refractivity contribution in [3.8, 4) is 5.75 Å². The fourth-order valence-electron chi connectivity index (χ4n) is 5.57. The second-order valence-corrected chi connectivity index (χ2v) is 8.90. The molecule has 24 heavy (non-hydrogen) atoms. The number of halogens is 2. The van der Waals surface area contributed by atoms with Crippen LogP contribution in [-0.4, -0.2) is 19.1 Å². The molecule has 4 saturated carbocycles. The molecule has 3 nitrogen and oxygen atoms in total. The minimum absolute atomic E-state index is 0.0214.